The molecule has 0 atom stereocenters. The van der Waals surface area contributed by atoms with Gasteiger partial charge in [0.15, 0.2) is 0 Å². The van der Waals surface area contributed by atoms with Gasteiger partial charge in [0.25, 0.3) is 5.91 Å². The third-order valence-electron chi connectivity index (χ3n) is 5.00. The third kappa shape index (κ3) is 3.03. The number of amides is 1. The summed E-state index contributed by atoms with van der Waals surface area (Å²) in [7, 11) is 0. The lowest BCUT2D eigenvalue weighted by molar-refractivity contribution is 0.0996. The first kappa shape index (κ1) is 19.3. The normalized spacial score (nSPS) is 11.2. The van der Waals surface area contributed by atoms with Gasteiger partial charge in [-0.1, -0.05) is 0 Å². The number of anilines is 2. The van der Waals surface area contributed by atoms with Gasteiger partial charge in [0, 0.05) is 17.3 Å². The van der Waals surface area contributed by atoms with Crippen molar-refractivity contribution >= 4 is 45.1 Å². The summed E-state index contributed by atoms with van der Waals surface area (Å²) < 4.78 is 29.2. The summed E-state index contributed by atoms with van der Waals surface area (Å²) in [5, 5.41) is 11.0. The maximum absolute atomic E-state index is 14.8. The number of nitrogens with zero attached hydrogens (tertiary/aromatic N) is 3. The van der Waals surface area contributed by atoms with Gasteiger partial charge in [-0.2, -0.15) is 5.10 Å². The molecule has 3 heterocycles. The number of carbonyl (C=O) groups excluding carboxylic acids is 2. The van der Waals surface area contributed by atoms with Crippen molar-refractivity contribution in [2.75, 3.05) is 5.32 Å². The van der Waals surface area contributed by atoms with Crippen molar-refractivity contribution in [3.05, 3.63) is 77.4 Å². The van der Waals surface area contributed by atoms with Crippen LogP contribution in [-0.4, -0.2) is 36.8 Å². The first-order chi connectivity index (χ1) is 15.4. The average Bonchev–Trinajstić information content (AvgIpc) is 3.40. The molecule has 0 aliphatic heterocycles. The Morgan fingerprint density at radius 2 is 1.91 bits per heavy atom. The molecule has 0 fully saturated rings. The Labute approximate surface area is 177 Å². The van der Waals surface area contributed by atoms with Crippen LogP contribution in [0.4, 0.5) is 20.3 Å². The van der Waals surface area contributed by atoms with Gasteiger partial charge in [-0.05, 0) is 30.3 Å². The zero-order valence-corrected chi connectivity index (χ0v) is 16.1. The predicted octanol–water partition coefficient (Wildman–Crippen LogP) is 3.19. The second kappa shape index (κ2) is 7.23. The minimum absolute atomic E-state index is 0.0769. The van der Waals surface area contributed by atoms with Gasteiger partial charge in [-0.15, -0.1) is 0 Å². The molecule has 5 N–H and O–H groups in total. The van der Waals surface area contributed by atoms with Crippen LogP contribution >= 0.6 is 0 Å². The van der Waals surface area contributed by atoms with E-state index >= 15 is 0 Å². The zero-order valence-electron chi connectivity index (χ0n) is 16.1. The molecule has 0 spiro atoms. The summed E-state index contributed by atoms with van der Waals surface area (Å²) in [5.74, 6) is -4.31. The van der Waals surface area contributed by atoms with Crippen LogP contribution < -0.4 is 11.1 Å². The quantitative estimate of drug-likeness (QED) is 0.314. The predicted molar refractivity (Wildman–Crippen MR) is 112 cm³/mol. The molecule has 11 heteroatoms. The summed E-state index contributed by atoms with van der Waals surface area (Å²) in [6, 6.07) is 7.11. The Balaban J connectivity index is 1.63. The van der Waals surface area contributed by atoms with E-state index in [1.54, 1.807) is 12.3 Å². The number of H-pyrrole nitrogens is 2. The lowest BCUT2D eigenvalue weighted by Gasteiger charge is -2.09. The van der Waals surface area contributed by atoms with Gasteiger partial charge >= 0.3 is 0 Å². The Bertz CT molecular complexity index is 1540. The Morgan fingerprint density at radius 3 is 2.72 bits per heavy atom. The molecule has 0 radical (unpaired) electrons. The van der Waals surface area contributed by atoms with Crippen LogP contribution in [0.15, 0.2) is 49.1 Å². The van der Waals surface area contributed by atoms with Crippen molar-refractivity contribution < 1.29 is 18.4 Å². The van der Waals surface area contributed by atoms with Crippen LogP contribution in [0.1, 0.15) is 26.3 Å². The molecule has 158 valence electrons. The van der Waals surface area contributed by atoms with E-state index in [2.05, 4.69) is 30.5 Å². The summed E-state index contributed by atoms with van der Waals surface area (Å²) in [6.07, 6.45) is 4.21. The maximum atomic E-state index is 14.8. The summed E-state index contributed by atoms with van der Waals surface area (Å²) in [4.78, 5) is 35.6. The number of benzene rings is 2. The number of hydrogen-bond donors (Lipinski definition) is 4. The van der Waals surface area contributed by atoms with Gasteiger partial charge in [0.2, 0.25) is 5.78 Å². The van der Waals surface area contributed by atoms with Crippen molar-refractivity contribution in [1.29, 1.82) is 0 Å². The number of aromatic nitrogens is 5. The number of ketones is 1. The summed E-state index contributed by atoms with van der Waals surface area (Å²) in [5.41, 5.74) is 5.33. The van der Waals surface area contributed by atoms with Crippen LogP contribution in [0.3, 0.4) is 0 Å². The highest BCUT2D eigenvalue weighted by Gasteiger charge is 2.27. The first-order valence-corrected chi connectivity index (χ1v) is 9.29. The fraction of sp³-hybridized carbons (Fsp3) is 0. The highest BCUT2D eigenvalue weighted by Crippen LogP contribution is 2.30. The number of primary amides is 1. The molecule has 32 heavy (non-hydrogen) atoms. The zero-order chi connectivity index (χ0) is 22.4. The smallest absolute Gasteiger partial charge is 0.251 e. The minimum Gasteiger partial charge on any atom is -0.366 e. The van der Waals surface area contributed by atoms with Gasteiger partial charge in [0.05, 0.1) is 33.8 Å². The first-order valence-electron chi connectivity index (χ1n) is 9.29. The van der Waals surface area contributed by atoms with Crippen LogP contribution in [0, 0.1) is 11.6 Å². The second-order valence-corrected chi connectivity index (χ2v) is 6.92. The standard InChI is InChI=1S/C21H13F2N7O2/c22-13-3-2-11(19(24)32)17(23)16(13)18(31)12-7-25-20-15(12)21(27-8-26-20)29-10-1-4-14-9(5-10)6-28-30-14/h1-8H,(H2,24,32)(H,28,30)(H2,25,26,27,29). The van der Waals surface area contributed by atoms with E-state index in [9.17, 15) is 18.4 Å². The van der Waals surface area contributed by atoms with Crippen LogP contribution in [-0.2, 0) is 0 Å². The number of carbonyl (C=O) groups is 2. The molecule has 0 bridgehead atoms. The van der Waals surface area contributed by atoms with Crippen molar-refractivity contribution in [3.63, 3.8) is 0 Å². The monoisotopic (exact) mass is 433 g/mol. The topological polar surface area (TPSA) is 142 Å². The number of rotatable bonds is 5. The molecule has 2 aromatic carbocycles. The number of nitrogens with one attached hydrogen (secondary N) is 3. The van der Waals surface area contributed by atoms with E-state index in [0.29, 0.717) is 5.69 Å². The van der Waals surface area contributed by atoms with E-state index in [-0.39, 0.29) is 22.4 Å². The molecule has 0 unspecified atom stereocenters. The van der Waals surface area contributed by atoms with E-state index < -0.39 is 34.5 Å². The van der Waals surface area contributed by atoms with Crippen LogP contribution in [0.2, 0.25) is 0 Å². The van der Waals surface area contributed by atoms with Crippen LogP contribution in [0.25, 0.3) is 21.9 Å². The van der Waals surface area contributed by atoms with Crippen molar-refractivity contribution in [2.45, 2.75) is 0 Å². The Kier molecular flexibility index (Phi) is 4.36. The Morgan fingerprint density at radius 1 is 1.06 bits per heavy atom. The molecule has 1 amide bonds. The molecule has 0 saturated carbocycles. The van der Waals surface area contributed by atoms with E-state index in [0.717, 1.165) is 23.0 Å². The van der Waals surface area contributed by atoms with E-state index in [1.165, 1.54) is 12.5 Å². The third-order valence-corrected chi connectivity index (χ3v) is 5.00. The highest BCUT2D eigenvalue weighted by molar-refractivity contribution is 6.19. The minimum atomic E-state index is -1.33. The number of nitrogens with two attached hydrogens (primary N) is 1. The molecule has 5 rings (SSSR count). The van der Waals surface area contributed by atoms with Crippen molar-refractivity contribution in [2.24, 2.45) is 5.73 Å². The fourth-order valence-electron chi connectivity index (χ4n) is 3.48. The molecular weight excluding hydrogens is 420 g/mol. The maximum Gasteiger partial charge on any atom is 0.251 e. The number of halogens is 2. The highest BCUT2D eigenvalue weighted by atomic mass is 19.1. The molecular formula is C21H13F2N7O2. The number of aromatic amines is 2. The number of hydrogen-bond acceptors (Lipinski definition) is 6. The summed E-state index contributed by atoms with van der Waals surface area (Å²) >= 11 is 0. The molecule has 0 saturated heterocycles. The van der Waals surface area contributed by atoms with Gasteiger partial charge < -0.3 is 16.0 Å². The SMILES string of the molecule is NC(=O)c1ccc(F)c(C(=O)c2c[nH]c3ncnc(Nc4ccc5[nH]ncc5c4)c23)c1F. The van der Waals surface area contributed by atoms with Crippen molar-refractivity contribution in [3.8, 4) is 0 Å². The van der Waals surface area contributed by atoms with Gasteiger partial charge in [-0.3, -0.25) is 14.7 Å². The average molecular weight is 433 g/mol. The van der Waals surface area contributed by atoms with Gasteiger partial charge in [-0.25, -0.2) is 18.7 Å². The molecule has 5 aromatic rings. The van der Waals surface area contributed by atoms with Gasteiger partial charge in [0.1, 0.15) is 29.4 Å². The molecule has 0 aliphatic rings. The lowest BCUT2D eigenvalue weighted by atomic mass is 9.99. The molecule has 3 aromatic heterocycles. The Hall–Kier alpha value is -4.67. The van der Waals surface area contributed by atoms with E-state index in [4.69, 9.17) is 5.73 Å². The van der Waals surface area contributed by atoms with Crippen LogP contribution in [0.5, 0.6) is 0 Å². The van der Waals surface area contributed by atoms with Crippen molar-refractivity contribution in [1.82, 2.24) is 25.1 Å². The lowest BCUT2D eigenvalue weighted by Crippen LogP contribution is -2.17. The number of fused-ring (bicyclic) bond motifs is 2. The summed E-state index contributed by atoms with van der Waals surface area (Å²) in [6.45, 7) is 0. The second-order valence-electron chi connectivity index (χ2n) is 6.92. The largest absolute Gasteiger partial charge is 0.366 e. The molecule has 0 aliphatic carbocycles. The molecule has 9 nitrogen and oxygen atoms in total. The van der Waals surface area contributed by atoms with E-state index in [1.807, 2.05) is 12.1 Å². The fourth-order valence-corrected chi connectivity index (χ4v) is 3.48.